The SMILES string of the molecule is C=CC(=O)N1CCC(Oc2ccc(CCNc3nccc(N4C(=O)OC[C@@H]4C(C)C)n3)cn2)CC1. The van der Waals surface area contributed by atoms with Crippen molar-refractivity contribution in [2.24, 2.45) is 5.92 Å². The Balaban J connectivity index is 1.25. The van der Waals surface area contributed by atoms with Crippen LogP contribution in [0.15, 0.2) is 43.2 Å². The number of likely N-dealkylation sites (tertiary alicyclic amines) is 1. The van der Waals surface area contributed by atoms with Crippen molar-refractivity contribution >= 4 is 23.8 Å². The Morgan fingerprint density at radius 1 is 1.29 bits per heavy atom. The largest absolute Gasteiger partial charge is 0.474 e. The van der Waals surface area contributed by atoms with Gasteiger partial charge in [-0.05, 0) is 30.0 Å². The fourth-order valence-electron chi connectivity index (χ4n) is 4.20. The van der Waals surface area contributed by atoms with Crippen molar-refractivity contribution in [3.05, 3.63) is 48.8 Å². The molecule has 10 nitrogen and oxygen atoms in total. The van der Waals surface area contributed by atoms with Crippen LogP contribution in [0, 0.1) is 5.92 Å². The summed E-state index contributed by atoms with van der Waals surface area (Å²) in [6, 6.07) is 5.54. The van der Waals surface area contributed by atoms with Crippen LogP contribution in [0.4, 0.5) is 16.6 Å². The van der Waals surface area contributed by atoms with Crippen LogP contribution in [0.25, 0.3) is 0 Å². The van der Waals surface area contributed by atoms with Gasteiger partial charge in [-0.25, -0.2) is 14.8 Å². The molecular weight excluding hydrogens is 448 g/mol. The highest BCUT2D eigenvalue weighted by atomic mass is 16.6. The van der Waals surface area contributed by atoms with Crippen LogP contribution in [0.3, 0.4) is 0 Å². The molecule has 0 aliphatic carbocycles. The minimum absolute atomic E-state index is 0.0324. The zero-order valence-corrected chi connectivity index (χ0v) is 20.2. The van der Waals surface area contributed by atoms with Crippen LogP contribution < -0.4 is 15.0 Å². The molecule has 1 atom stereocenters. The normalized spacial score (nSPS) is 18.5. The van der Waals surface area contributed by atoms with Crippen molar-refractivity contribution in [3.8, 4) is 5.88 Å². The quantitative estimate of drug-likeness (QED) is 0.546. The fraction of sp³-hybridized carbons (Fsp3) is 0.480. The van der Waals surface area contributed by atoms with E-state index < -0.39 is 0 Å². The van der Waals surface area contributed by atoms with Gasteiger partial charge in [-0.3, -0.25) is 9.69 Å². The highest BCUT2D eigenvalue weighted by Crippen LogP contribution is 2.26. The molecule has 1 N–H and O–H groups in total. The Labute approximate surface area is 205 Å². The summed E-state index contributed by atoms with van der Waals surface area (Å²) in [4.78, 5) is 40.5. The number of ether oxygens (including phenoxy) is 2. The zero-order chi connectivity index (χ0) is 24.8. The van der Waals surface area contributed by atoms with E-state index in [0.717, 1.165) is 24.8 Å². The lowest BCUT2D eigenvalue weighted by Crippen LogP contribution is -2.41. The molecule has 0 unspecified atom stereocenters. The van der Waals surface area contributed by atoms with Gasteiger partial charge in [0.2, 0.25) is 17.7 Å². The molecule has 2 aromatic heterocycles. The number of piperidine rings is 1. The van der Waals surface area contributed by atoms with Gasteiger partial charge >= 0.3 is 6.09 Å². The van der Waals surface area contributed by atoms with Crippen LogP contribution in [0.5, 0.6) is 5.88 Å². The topological polar surface area (TPSA) is 110 Å². The van der Waals surface area contributed by atoms with Crippen molar-refractivity contribution in [3.63, 3.8) is 0 Å². The standard InChI is InChI=1S/C25H32N6O4/c1-4-23(32)30-13-9-19(10-14-30)35-22-6-5-18(15-28-22)7-11-26-24-27-12-8-21(29-24)31-20(17(2)3)16-34-25(31)33/h4-6,8,12,15,17,19-20H,1,7,9-11,13-14,16H2,2-3H3,(H,26,27,29)/t20-/m1/s1. The highest BCUT2D eigenvalue weighted by Gasteiger charge is 2.37. The first kappa shape index (κ1) is 24.4. The number of cyclic esters (lactones) is 1. The van der Waals surface area contributed by atoms with E-state index in [-0.39, 0.29) is 30.1 Å². The van der Waals surface area contributed by atoms with E-state index in [0.29, 0.717) is 43.9 Å². The summed E-state index contributed by atoms with van der Waals surface area (Å²) in [6.07, 6.45) is 6.75. The third kappa shape index (κ3) is 6.06. The number of hydrogen-bond donors (Lipinski definition) is 1. The summed E-state index contributed by atoms with van der Waals surface area (Å²) in [5.74, 6) is 1.80. The Hall–Kier alpha value is -3.69. The van der Waals surface area contributed by atoms with Crippen molar-refractivity contribution in [2.45, 2.75) is 45.3 Å². The number of nitrogens with one attached hydrogen (secondary N) is 1. The Kier molecular flexibility index (Phi) is 7.79. The van der Waals surface area contributed by atoms with Crippen LogP contribution >= 0.6 is 0 Å². The van der Waals surface area contributed by atoms with Crippen molar-refractivity contribution in [1.29, 1.82) is 0 Å². The van der Waals surface area contributed by atoms with Gasteiger partial charge in [0.15, 0.2) is 0 Å². The molecule has 0 aromatic carbocycles. The molecule has 2 aromatic rings. The van der Waals surface area contributed by atoms with Gasteiger partial charge in [0.25, 0.3) is 0 Å². The molecule has 2 aliphatic rings. The Bertz CT molecular complexity index is 1040. The summed E-state index contributed by atoms with van der Waals surface area (Å²) < 4.78 is 11.2. The number of hydrogen-bond acceptors (Lipinski definition) is 8. The van der Waals surface area contributed by atoms with E-state index in [1.54, 1.807) is 28.3 Å². The summed E-state index contributed by atoms with van der Waals surface area (Å²) in [5, 5.41) is 3.21. The minimum atomic E-state index is -0.377. The van der Waals surface area contributed by atoms with Gasteiger partial charge < -0.3 is 19.7 Å². The maximum atomic E-state index is 12.2. The second kappa shape index (κ2) is 11.2. The molecule has 0 spiro atoms. The van der Waals surface area contributed by atoms with E-state index in [2.05, 4.69) is 40.7 Å². The first-order chi connectivity index (χ1) is 16.9. The second-order valence-electron chi connectivity index (χ2n) is 9.02. The first-order valence-corrected chi connectivity index (χ1v) is 12.0. The molecule has 186 valence electrons. The van der Waals surface area contributed by atoms with Crippen LogP contribution in [0.1, 0.15) is 32.3 Å². The third-order valence-electron chi connectivity index (χ3n) is 6.27. The van der Waals surface area contributed by atoms with E-state index >= 15 is 0 Å². The first-order valence-electron chi connectivity index (χ1n) is 12.0. The molecule has 0 saturated carbocycles. The predicted octanol–water partition coefficient (Wildman–Crippen LogP) is 3.06. The molecule has 0 radical (unpaired) electrons. The minimum Gasteiger partial charge on any atom is -0.474 e. The lowest BCUT2D eigenvalue weighted by atomic mass is 10.0. The van der Waals surface area contributed by atoms with Crippen LogP contribution in [-0.2, 0) is 16.0 Å². The average molecular weight is 481 g/mol. The van der Waals surface area contributed by atoms with Gasteiger partial charge in [-0.1, -0.05) is 26.5 Å². The number of amides is 2. The number of pyridine rings is 1. The zero-order valence-electron chi connectivity index (χ0n) is 20.2. The number of carbonyl (C=O) groups is 2. The lowest BCUT2D eigenvalue weighted by molar-refractivity contribution is -0.127. The van der Waals surface area contributed by atoms with Gasteiger partial charge in [0.1, 0.15) is 18.5 Å². The van der Waals surface area contributed by atoms with E-state index in [1.807, 2.05) is 12.1 Å². The maximum Gasteiger partial charge on any atom is 0.415 e. The fourth-order valence-corrected chi connectivity index (χ4v) is 4.20. The smallest absolute Gasteiger partial charge is 0.415 e. The van der Waals surface area contributed by atoms with Gasteiger partial charge in [0.05, 0.1) is 6.04 Å². The van der Waals surface area contributed by atoms with Gasteiger partial charge in [-0.2, -0.15) is 4.98 Å². The Morgan fingerprint density at radius 2 is 2.09 bits per heavy atom. The monoisotopic (exact) mass is 480 g/mol. The van der Waals surface area contributed by atoms with E-state index in [4.69, 9.17) is 9.47 Å². The number of anilines is 2. The average Bonchev–Trinajstić information content (AvgIpc) is 3.27. The maximum absolute atomic E-state index is 12.2. The third-order valence-corrected chi connectivity index (χ3v) is 6.27. The lowest BCUT2D eigenvalue weighted by Gasteiger charge is -2.31. The van der Waals surface area contributed by atoms with Crippen LogP contribution in [-0.4, -0.2) is 70.2 Å². The number of nitrogens with zero attached hydrogens (tertiary/aromatic N) is 5. The molecule has 10 heteroatoms. The van der Waals surface area contributed by atoms with Gasteiger partial charge in [0, 0.05) is 50.9 Å². The molecular formula is C25H32N6O4. The molecule has 2 saturated heterocycles. The molecule has 35 heavy (non-hydrogen) atoms. The number of rotatable bonds is 9. The summed E-state index contributed by atoms with van der Waals surface area (Å²) in [7, 11) is 0. The van der Waals surface area contributed by atoms with Crippen LogP contribution in [0.2, 0.25) is 0 Å². The van der Waals surface area contributed by atoms with Crippen molar-refractivity contribution < 1.29 is 19.1 Å². The van der Waals surface area contributed by atoms with Crippen molar-refractivity contribution in [1.82, 2.24) is 19.9 Å². The second-order valence-corrected chi connectivity index (χ2v) is 9.02. The highest BCUT2D eigenvalue weighted by molar-refractivity contribution is 5.89. The summed E-state index contributed by atoms with van der Waals surface area (Å²) >= 11 is 0. The molecule has 2 aliphatic heterocycles. The summed E-state index contributed by atoms with van der Waals surface area (Å²) in [6.45, 7) is 9.96. The number of carbonyl (C=O) groups excluding carboxylic acids is 2. The Morgan fingerprint density at radius 3 is 2.77 bits per heavy atom. The molecule has 4 heterocycles. The molecule has 0 bridgehead atoms. The molecule has 4 rings (SSSR count). The molecule has 2 amide bonds. The van der Waals surface area contributed by atoms with Gasteiger partial charge in [-0.15, -0.1) is 0 Å². The summed E-state index contributed by atoms with van der Waals surface area (Å²) in [5.41, 5.74) is 1.05. The van der Waals surface area contributed by atoms with Crippen molar-refractivity contribution in [2.75, 3.05) is 36.5 Å². The molecule has 2 fully saturated rings. The predicted molar refractivity (Wildman–Crippen MR) is 131 cm³/mol. The van der Waals surface area contributed by atoms with E-state index in [9.17, 15) is 9.59 Å². The van der Waals surface area contributed by atoms with E-state index in [1.165, 1.54) is 6.08 Å². The number of aromatic nitrogens is 3.